The molecule has 0 radical (unpaired) electrons. The number of sulfone groups is 1. The molecule has 1 aliphatic heterocycles. The molecule has 1 aliphatic rings. The van der Waals surface area contributed by atoms with E-state index in [1.165, 1.54) is 18.2 Å². The first kappa shape index (κ1) is 17.2. The van der Waals surface area contributed by atoms with Crippen LogP contribution in [0.2, 0.25) is 5.02 Å². The van der Waals surface area contributed by atoms with Crippen molar-refractivity contribution in [2.45, 2.75) is 24.1 Å². The van der Waals surface area contributed by atoms with Crippen LogP contribution >= 0.6 is 11.6 Å². The predicted octanol–water partition coefficient (Wildman–Crippen LogP) is 1.26. The summed E-state index contributed by atoms with van der Waals surface area (Å²) in [6.45, 7) is 0.747. The van der Waals surface area contributed by atoms with E-state index in [-0.39, 0.29) is 30.0 Å². The predicted molar refractivity (Wildman–Crippen MR) is 82.9 cm³/mol. The van der Waals surface area contributed by atoms with Crippen LogP contribution in [0.1, 0.15) is 18.4 Å². The van der Waals surface area contributed by atoms with Crippen LogP contribution in [0.5, 0.6) is 0 Å². The molecular weight excluding hydrogens is 331 g/mol. The van der Waals surface area contributed by atoms with E-state index >= 15 is 0 Å². The Morgan fingerprint density at radius 2 is 2.05 bits per heavy atom. The minimum absolute atomic E-state index is 0.144. The summed E-state index contributed by atoms with van der Waals surface area (Å²) in [5.41, 5.74) is 0.148. The van der Waals surface area contributed by atoms with Gasteiger partial charge in [0.2, 0.25) is 5.91 Å². The van der Waals surface area contributed by atoms with Gasteiger partial charge in [0, 0.05) is 23.4 Å². The topological polar surface area (TPSA) is 75.3 Å². The molecule has 0 aliphatic carbocycles. The van der Waals surface area contributed by atoms with Gasteiger partial charge in [0.05, 0.1) is 0 Å². The van der Waals surface area contributed by atoms with Crippen molar-refractivity contribution in [1.82, 2.24) is 10.6 Å². The molecule has 0 atom stereocenters. The van der Waals surface area contributed by atoms with E-state index in [2.05, 4.69) is 10.6 Å². The lowest BCUT2D eigenvalue weighted by molar-refractivity contribution is -0.124. The number of halogens is 2. The zero-order valence-electron chi connectivity index (χ0n) is 12.2. The van der Waals surface area contributed by atoms with Crippen molar-refractivity contribution in [2.75, 3.05) is 19.3 Å². The fourth-order valence-corrected chi connectivity index (χ4v) is 4.21. The van der Waals surface area contributed by atoms with Crippen LogP contribution in [0.4, 0.5) is 4.39 Å². The lowest BCUT2D eigenvalue weighted by Crippen LogP contribution is -2.57. The van der Waals surface area contributed by atoms with Crippen molar-refractivity contribution in [3.63, 3.8) is 0 Å². The van der Waals surface area contributed by atoms with Gasteiger partial charge in [0.25, 0.3) is 0 Å². The molecule has 0 unspecified atom stereocenters. The van der Waals surface area contributed by atoms with E-state index in [0.717, 1.165) is 6.26 Å². The number of nitrogens with one attached hydrogen (secondary N) is 2. The van der Waals surface area contributed by atoms with Gasteiger partial charge in [-0.1, -0.05) is 17.7 Å². The monoisotopic (exact) mass is 348 g/mol. The average Bonchev–Trinajstić information content (AvgIpc) is 2.46. The molecule has 0 aromatic heterocycles. The van der Waals surface area contributed by atoms with E-state index in [1.807, 2.05) is 0 Å². The van der Waals surface area contributed by atoms with Gasteiger partial charge in [0.15, 0.2) is 14.6 Å². The van der Waals surface area contributed by atoms with Crippen molar-refractivity contribution in [1.29, 1.82) is 0 Å². The van der Waals surface area contributed by atoms with Crippen LogP contribution in [-0.2, 0) is 21.2 Å². The van der Waals surface area contributed by atoms with E-state index < -0.39 is 26.3 Å². The molecule has 1 amide bonds. The van der Waals surface area contributed by atoms with Gasteiger partial charge in [-0.25, -0.2) is 12.8 Å². The average molecular weight is 349 g/mol. The van der Waals surface area contributed by atoms with Crippen LogP contribution in [0.15, 0.2) is 18.2 Å². The fraction of sp³-hybridized carbons (Fsp3) is 0.500. The maximum Gasteiger partial charge on any atom is 0.241 e. The molecule has 1 heterocycles. The number of piperidine rings is 1. The fourth-order valence-electron chi connectivity index (χ4n) is 2.63. The highest BCUT2D eigenvalue weighted by Crippen LogP contribution is 2.28. The molecule has 1 saturated heterocycles. The summed E-state index contributed by atoms with van der Waals surface area (Å²) in [4.78, 5) is 12.5. The van der Waals surface area contributed by atoms with Crippen LogP contribution < -0.4 is 10.6 Å². The molecule has 1 aromatic carbocycles. The number of carbonyl (C=O) groups is 1. The van der Waals surface area contributed by atoms with Crippen LogP contribution in [0.3, 0.4) is 0 Å². The lowest BCUT2D eigenvalue weighted by atomic mass is 9.95. The Kier molecular flexibility index (Phi) is 5.09. The van der Waals surface area contributed by atoms with Gasteiger partial charge in [-0.15, -0.1) is 0 Å². The highest BCUT2D eigenvalue weighted by atomic mass is 35.5. The first-order chi connectivity index (χ1) is 10.3. The van der Waals surface area contributed by atoms with Gasteiger partial charge in [-0.05, 0) is 38.1 Å². The summed E-state index contributed by atoms with van der Waals surface area (Å²) < 4.78 is 36.5. The molecule has 5 nitrogen and oxygen atoms in total. The molecule has 8 heteroatoms. The third kappa shape index (κ3) is 3.26. The number of benzene rings is 1. The van der Waals surface area contributed by atoms with Crippen LogP contribution in [0, 0.1) is 5.82 Å². The summed E-state index contributed by atoms with van der Waals surface area (Å²) >= 11 is 5.90. The maximum absolute atomic E-state index is 13.7. The molecule has 2 rings (SSSR count). The SMILES string of the molecule is CS(=O)(=O)C1(C(=O)NCc2c(F)cccc2Cl)CCNCC1. The molecule has 1 aromatic rings. The van der Waals surface area contributed by atoms with Gasteiger partial charge < -0.3 is 10.6 Å². The maximum atomic E-state index is 13.7. The Bertz CT molecular complexity index is 652. The first-order valence-electron chi connectivity index (χ1n) is 6.89. The number of carbonyl (C=O) groups excluding carboxylic acids is 1. The molecule has 22 heavy (non-hydrogen) atoms. The van der Waals surface area contributed by atoms with Crippen molar-refractivity contribution < 1.29 is 17.6 Å². The minimum Gasteiger partial charge on any atom is -0.350 e. The van der Waals surface area contributed by atoms with Gasteiger partial charge in [0.1, 0.15) is 5.82 Å². The quantitative estimate of drug-likeness (QED) is 0.859. The summed E-state index contributed by atoms with van der Waals surface area (Å²) in [7, 11) is -3.59. The Morgan fingerprint density at radius 3 is 2.59 bits per heavy atom. The Morgan fingerprint density at radius 1 is 1.41 bits per heavy atom. The molecule has 122 valence electrons. The Balaban J connectivity index is 2.19. The second kappa shape index (κ2) is 6.52. The number of hydrogen-bond donors (Lipinski definition) is 2. The third-order valence-electron chi connectivity index (χ3n) is 4.02. The molecule has 1 fully saturated rings. The number of amides is 1. The molecular formula is C14H18ClFN2O3S. The second-order valence-electron chi connectivity index (χ2n) is 5.40. The lowest BCUT2D eigenvalue weighted by Gasteiger charge is -2.34. The normalized spacial score (nSPS) is 18.0. The van der Waals surface area contributed by atoms with Gasteiger partial charge in [-0.3, -0.25) is 4.79 Å². The third-order valence-corrected chi connectivity index (χ3v) is 6.39. The highest BCUT2D eigenvalue weighted by Gasteiger charge is 2.48. The van der Waals surface area contributed by atoms with Gasteiger partial charge >= 0.3 is 0 Å². The first-order valence-corrected chi connectivity index (χ1v) is 9.16. The summed E-state index contributed by atoms with van der Waals surface area (Å²) in [5.74, 6) is -1.14. The van der Waals surface area contributed by atoms with Crippen molar-refractivity contribution in [3.05, 3.63) is 34.6 Å². The number of rotatable bonds is 4. The van der Waals surface area contributed by atoms with E-state index in [4.69, 9.17) is 11.6 Å². The highest BCUT2D eigenvalue weighted by molar-refractivity contribution is 7.92. The van der Waals surface area contributed by atoms with Crippen molar-refractivity contribution >= 4 is 27.3 Å². The Hall–Kier alpha value is -1.18. The van der Waals surface area contributed by atoms with Crippen molar-refractivity contribution in [2.24, 2.45) is 0 Å². The van der Waals surface area contributed by atoms with Crippen molar-refractivity contribution in [3.8, 4) is 0 Å². The van der Waals surface area contributed by atoms with E-state index in [0.29, 0.717) is 13.1 Å². The number of hydrogen-bond acceptors (Lipinski definition) is 4. The zero-order valence-corrected chi connectivity index (χ0v) is 13.7. The van der Waals surface area contributed by atoms with E-state index in [1.54, 1.807) is 0 Å². The standard InChI is InChI=1S/C14H18ClFN2O3S/c1-22(20,21)14(5-7-17-8-6-14)13(19)18-9-10-11(15)3-2-4-12(10)16/h2-4,17H,5-9H2,1H3,(H,18,19). The molecule has 0 saturated carbocycles. The van der Waals surface area contributed by atoms with Crippen LogP contribution in [-0.4, -0.2) is 38.4 Å². The molecule has 0 bridgehead atoms. The van der Waals surface area contributed by atoms with Crippen LogP contribution in [0.25, 0.3) is 0 Å². The molecule has 0 spiro atoms. The summed E-state index contributed by atoms with van der Waals surface area (Å²) in [5, 5.41) is 5.75. The smallest absolute Gasteiger partial charge is 0.241 e. The second-order valence-corrected chi connectivity index (χ2v) is 8.13. The van der Waals surface area contributed by atoms with E-state index in [9.17, 15) is 17.6 Å². The summed E-state index contributed by atoms with van der Waals surface area (Å²) in [6.07, 6.45) is 1.46. The summed E-state index contributed by atoms with van der Waals surface area (Å²) in [6, 6.07) is 4.22. The molecule has 2 N–H and O–H groups in total. The Labute approximate surface area is 134 Å². The largest absolute Gasteiger partial charge is 0.350 e. The van der Waals surface area contributed by atoms with Gasteiger partial charge in [-0.2, -0.15) is 0 Å². The zero-order chi connectivity index (χ0) is 16.4. The minimum atomic E-state index is -3.59.